The van der Waals surface area contributed by atoms with Gasteiger partial charge in [-0.2, -0.15) is 0 Å². The number of halogens is 3. The predicted molar refractivity (Wildman–Crippen MR) is 73.7 cm³/mol. The molecule has 6 nitrogen and oxygen atoms in total. The molecule has 1 amide bonds. The van der Waals surface area contributed by atoms with E-state index in [2.05, 4.69) is 20.3 Å². The number of nitrogens with one attached hydrogen (secondary N) is 1. The van der Waals surface area contributed by atoms with Gasteiger partial charge in [0.15, 0.2) is 0 Å². The quantitative estimate of drug-likeness (QED) is 0.504. The summed E-state index contributed by atoms with van der Waals surface area (Å²) in [5, 5.41) is 2.51. The van der Waals surface area contributed by atoms with E-state index in [1.807, 2.05) is 0 Å². The van der Waals surface area contributed by atoms with Crippen LogP contribution in [0, 0.1) is 0 Å². The molecule has 0 bridgehead atoms. The average molecular weight is 319 g/mol. The molecule has 0 atom stereocenters. The Kier molecular flexibility index (Phi) is 4.04. The fourth-order valence-corrected chi connectivity index (χ4v) is 1.86. The van der Waals surface area contributed by atoms with Crippen LogP contribution in [-0.4, -0.2) is 20.9 Å². The summed E-state index contributed by atoms with van der Waals surface area (Å²) in [6.07, 6.45) is 1.34. The van der Waals surface area contributed by atoms with Crippen molar-refractivity contribution < 1.29 is 4.79 Å². The first kappa shape index (κ1) is 13.8. The maximum Gasteiger partial charge on any atom is 0.260 e. The number of amides is 1. The largest absolute Gasteiger partial charge is 0.397 e. The van der Waals surface area contributed by atoms with Gasteiger partial charge in [0.25, 0.3) is 5.91 Å². The van der Waals surface area contributed by atoms with Crippen LogP contribution in [0.15, 0.2) is 18.3 Å². The minimum atomic E-state index is -0.532. The zero-order valence-corrected chi connectivity index (χ0v) is 11.5. The second kappa shape index (κ2) is 5.56. The third kappa shape index (κ3) is 3.44. The second-order valence-corrected chi connectivity index (χ2v) is 4.49. The average Bonchev–Trinajstić information content (AvgIpc) is 2.30. The second-order valence-electron chi connectivity index (χ2n) is 3.41. The molecule has 3 N–H and O–H groups in total. The summed E-state index contributed by atoms with van der Waals surface area (Å²) in [7, 11) is 0. The molecule has 0 spiro atoms. The van der Waals surface area contributed by atoms with E-state index >= 15 is 0 Å². The van der Waals surface area contributed by atoms with Crippen LogP contribution in [0.1, 0.15) is 10.4 Å². The Hall–Kier alpha value is -1.63. The molecular formula is C10H6Cl3N5O. The van der Waals surface area contributed by atoms with Crippen LogP contribution in [0.4, 0.5) is 11.5 Å². The molecule has 0 fully saturated rings. The molecule has 2 aromatic heterocycles. The van der Waals surface area contributed by atoms with E-state index < -0.39 is 5.91 Å². The summed E-state index contributed by atoms with van der Waals surface area (Å²) in [5.41, 5.74) is 5.97. The van der Waals surface area contributed by atoms with Crippen LogP contribution >= 0.6 is 34.8 Å². The SMILES string of the molecule is Nc1cnc(Cl)c(C(=O)Nc2cc(Cl)nc(Cl)n2)c1. The number of carbonyl (C=O) groups is 1. The summed E-state index contributed by atoms with van der Waals surface area (Å²) in [6, 6.07) is 2.74. The zero-order chi connectivity index (χ0) is 14.0. The lowest BCUT2D eigenvalue weighted by Crippen LogP contribution is -2.14. The zero-order valence-electron chi connectivity index (χ0n) is 9.19. The minimum Gasteiger partial charge on any atom is -0.397 e. The number of rotatable bonds is 2. The fraction of sp³-hybridized carbons (Fsp3) is 0. The molecule has 0 aliphatic carbocycles. The maximum atomic E-state index is 12.0. The number of anilines is 2. The molecule has 0 saturated heterocycles. The standard InChI is InChI=1S/C10H6Cl3N5O/c11-6-2-7(18-10(13)16-6)17-9(19)5-1-4(14)3-15-8(5)12/h1-3H,14H2,(H,16,17,18,19). The Bertz CT molecular complexity index is 629. The van der Waals surface area contributed by atoms with E-state index in [9.17, 15) is 4.79 Å². The molecule has 0 aliphatic heterocycles. The van der Waals surface area contributed by atoms with Crippen LogP contribution < -0.4 is 11.1 Å². The van der Waals surface area contributed by atoms with Crippen molar-refractivity contribution in [2.24, 2.45) is 0 Å². The van der Waals surface area contributed by atoms with Crippen molar-refractivity contribution in [3.63, 3.8) is 0 Å². The number of hydrogen-bond acceptors (Lipinski definition) is 5. The lowest BCUT2D eigenvalue weighted by Gasteiger charge is -2.06. The summed E-state index contributed by atoms with van der Waals surface area (Å²) in [6.45, 7) is 0. The van der Waals surface area contributed by atoms with Crippen LogP contribution in [0.3, 0.4) is 0 Å². The van der Waals surface area contributed by atoms with Gasteiger partial charge in [-0.1, -0.05) is 23.2 Å². The first-order chi connectivity index (χ1) is 8.95. The number of nitrogens with two attached hydrogens (primary N) is 1. The molecule has 98 valence electrons. The van der Waals surface area contributed by atoms with Crippen molar-refractivity contribution in [1.29, 1.82) is 0 Å². The Balaban J connectivity index is 2.28. The van der Waals surface area contributed by atoms with Gasteiger partial charge in [-0.3, -0.25) is 4.79 Å². The highest BCUT2D eigenvalue weighted by atomic mass is 35.5. The van der Waals surface area contributed by atoms with Gasteiger partial charge < -0.3 is 11.1 Å². The van der Waals surface area contributed by atoms with Crippen LogP contribution in [-0.2, 0) is 0 Å². The normalized spacial score (nSPS) is 10.3. The van der Waals surface area contributed by atoms with Gasteiger partial charge in [0, 0.05) is 6.07 Å². The number of aromatic nitrogens is 3. The predicted octanol–water partition coefficient (Wildman–Crippen LogP) is 2.67. The van der Waals surface area contributed by atoms with Crippen LogP contribution in [0.2, 0.25) is 15.6 Å². The molecule has 2 rings (SSSR count). The number of pyridine rings is 1. The Morgan fingerprint density at radius 1 is 1.21 bits per heavy atom. The van der Waals surface area contributed by atoms with Gasteiger partial charge in [0.2, 0.25) is 5.28 Å². The van der Waals surface area contributed by atoms with Crippen molar-refractivity contribution in [2.45, 2.75) is 0 Å². The lowest BCUT2D eigenvalue weighted by atomic mass is 10.2. The van der Waals surface area contributed by atoms with Gasteiger partial charge in [-0.15, -0.1) is 0 Å². The van der Waals surface area contributed by atoms with E-state index in [4.69, 9.17) is 40.5 Å². The molecule has 2 heterocycles. The van der Waals surface area contributed by atoms with Crippen LogP contribution in [0.25, 0.3) is 0 Å². The number of nitrogens with zero attached hydrogens (tertiary/aromatic N) is 3. The molecule has 19 heavy (non-hydrogen) atoms. The topological polar surface area (TPSA) is 93.8 Å². The van der Waals surface area contributed by atoms with E-state index in [0.717, 1.165) is 0 Å². The monoisotopic (exact) mass is 317 g/mol. The van der Waals surface area contributed by atoms with E-state index in [1.54, 1.807) is 0 Å². The molecule has 2 aromatic rings. The summed E-state index contributed by atoms with van der Waals surface area (Å²) < 4.78 is 0. The molecule has 0 aromatic carbocycles. The van der Waals surface area contributed by atoms with Gasteiger partial charge >= 0.3 is 0 Å². The number of hydrogen-bond donors (Lipinski definition) is 2. The van der Waals surface area contributed by atoms with Gasteiger partial charge in [0.05, 0.1) is 17.4 Å². The minimum absolute atomic E-state index is 0.0259. The van der Waals surface area contributed by atoms with E-state index in [1.165, 1.54) is 18.3 Å². The summed E-state index contributed by atoms with van der Waals surface area (Å²) in [5.74, 6) is -0.385. The van der Waals surface area contributed by atoms with Crippen molar-refractivity contribution >= 4 is 52.2 Å². The highest BCUT2D eigenvalue weighted by Gasteiger charge is 2.13. The van der Waals surface area contributed by atoms with E-state index in [0.29, 0.717) is 5.69 Å². The smallest absolute Gasteiger partial charge is 0.260 e. The molecule has 9 heteroatoms. The van der Waals surface area contributed by atoms with E-state index in [-0.39, 0.29) is 27.0 Å². The third-order valence-corrected chi connectivity index (χ3v) is 2.68. The molecule has 0 unspecified atom stereocenters. The van der Waals surface area contributed by atoms with Gasteiger partial charge in [0.1, 0.15) is 16.1 Å². The fourth-order valence-electron chi connectivity index (χ4n) is 1.26. The third-order valence-electron chi connectivity index (χ3n) is 2.01. The van der Waals surface area contributed by atoms with Crippen molar-refractivity contribution in [2.75, 3.05) is 11.1 Å². The van der Waals surface area contributed by atoms with Gasteiger partial charge in [-0.25, -0.2) is 15.0 Å². The number of carbonyl (C=O) groups excluding carboxylic acids is 1. The molecular weight excluding hydrogens is 313 g/mol. The van der Waals surface area contributed by atoms with Crippen molar-refractivity contribution in [3.8, 4) is 0 Å². The van der Waals surface area contributed by atoms with Crippen molar-refractivity contribution in [3.05, 3.63) is 39.5 Å². The van der Waals surface area contributed by atoms with Gasteiger partial charge in [-0.05, 0) is 17.7 Å². The Morgan fingerprint density at radius 2 is 1.95 bits per heavy atom. The Morgan fingerprint density at radius 3 is 2.63 bits per heavy atom. The first-order valence-electron chi connectivity index (χ1n) is 4.88. The van der Waals surface area contributed by atoms with Crippen LogP contribution in [0.5, 0.6) is 0 Å². The number of nitrogen functional groups attached to an aromatic ring is 1. The highest BCUT2D eigenvalue weighted by Crippen LogP contribution is 2.19. The molecule has 0 radical (unpaired) electrons. The first-order valence-corrected chi connectivity index (χ1v) is 6.01. The molecule has 0 saturated carbocycles. The lowest BCUT2D eigenvalue weighted by molar-refractivity contribution is 0.102. The molecule has 0 aliphatic rings. The Labute approximate surface area is 122 Å². The summed E-state index contributed by atoms with van der Waals surface area (Å²) in [4.78, 5) is 23.2. The highest BCUT2D eigenvalue weighted by molar-refractivity contribution is 6.33. The van der Waals surface area contributed by atoms with Crippen molar-refractivity contribution in [1.82, 2.24) is 15.0 Å². The maximum absolute atomic E-state index is 12.0. The summed E-state index contributed by atoms with van der Waals surface area (Å²) >= 11 is 17.1.